The first kappa shape index (κ1) is 12.0. The highest BCUT2D eigenvalue weighted by atomic mass is 32.1. The Labute approximate surface area is 102 Å². The molecule has 1 aromatic heterocycles. The maximum Gasteiger partial charge on any atom is 0.110 e. The minimum Gasteiger partial charge on any atom is -0.311 e. The molecular weight excluding hydrogens is 218 g/mol. The molecule has 3 unspecified atom stereocenters. The van der Waals surface area contributed by atoms with E-state index in [4.69, 9.17) is 0 Å². The van der Waals surface area contributed by atoms with Crippen LogP contribution in [-0.4, -0.2) is 35.1 Å². The molecule has 2 rings (SSSR count). The molecule has 1 N–H and O–H groups in total. The molecule has 0 spiro atoms. The number of rotatable bonds is 2. The van der Waals surface area contributed by atoms with Crippen molar-refractivity contribution in [2.75, 3.05) is 13.1 Å². The number of nitrogens with one attached hydrogen (secondary N) is 1. The van der Waals surface area contributed by atoms with Crippen molar-refractivity contribution < 1.29 is 0 Å². The molecular formula is C12H21N3S. The molecule has 0 bridgehead atoms. The average molecular weight is 239 g/mol. The normalized spacial score (nSPS) is 29.2. The van der Waals surface area contributed by atoms with Gasteiger partial charge < -0.3 is 5.32 Å². The van der Waals surface area contributed by atoms with Gasteiger partial charge in [-0.15, -0.1) is 11.3 Å². The van der Waals surface area contributed by atoms with Gasteiger partial charge in [-0.05, 0) is 27.7 Å². The van der Waals surface area contributed by atoms with Crippen LogP contribution < -0.4 is 5.32 Å². The summed E-state index contributed by atoms with van der Waals surface area (Å²) in [6, 6.07) is 1.62. The van der Waals surface area contributed by atoms with Crippen LogP contribution >= 0.6 is 11.3 Å². The SMILES string of the molecule is Cc1csc(C(C)N2CC(C)NCC2C)n1. The van der Waals surface area contributed by atoms with E-state index < -0.39 is 0 Å². The molecule has 0 aromatic carbocycles. The van der Waals surface area contributed by atoms with E-state index in [0.717, 1.165) is 18.8 Å². The number of hydrogen-bond donors (Lipinski definition) is 1. The molecule has 1 aliphatic heterocycles. The van der Waals surface area contributed by atoms with Crippen LogP contribution in [0.2, 0.25) is 0 Å². The number of thiazole rings is 1. The van der Waals surface area contributed by atoms with Crippen molar-refractivity contribution in [3.05, 3.63) is 16.1 Å². The van der Waals surface area contributed by atoms with E-state index in [0.29, 0.717) is 18.1 Å². The van der Waals surface area contributed by atoms with Crippen LogP contribution in [-0.2, 0) is 0 Å². The Kier molecular flexibility index (Phi) is 3.62. The zero-order valence-corrected chi connectivity index (χ0v) is 11.3. The van der Waals surface area contributed by atoms with Gasteiger partial charge in [0.15, 0.2) is 0 Å². The third-order valence-corrected chi connectivity index (χ3v) is 4.44. The number of piperazine rings is 1. The molecule has 0 saturated carbocycles. The third kappa shape index (κ3) is 2.44. The van der Waals surface area contributed by atoms with E-state index in [-0.39, 0.29) is 0 Å². The number of nitrogens with zero attached hydrogens (tertiary/aromatic N) is 2. The highest BCUT2D eigenvalue weighted by Gasteiger charge is 2.28. The number of aryl methyl sites for hydroxylation is 1. The first-order valence-corrected chi connectivity index (χ1v) is 6.87. The van der Waals surface area contributed by atoms with Crippen LogP contribution in [0.1, 0.15) is 37.5 Å². The summed E-state index contributed by atoms with van der Waals surface area (Å²) in [4.78, 5) is 7.16. The van der Waals surface area contributed by atoms with Gasteiger partial charge in [0.25, 0.3) is 0 Å². The van der Waals surface area contributed by atoms with Crippen LogP contribution in [0.4, 0.5) is 0 Å². The molecule has 4 heteroatoms. The second-order valence-electron chi connectivity index (χ2n) is 4.86. The van der Waals surface area contributed by atoms with Crippen LogP contribution in [0.25, 0.3) is 0 Å². The molecule has 0 radical (unpaired) electrons. The molecule has 1 fully saturated rings. The Balaban J connectivity index is 2.10. The molecule has 3 atom stereocenters. The molecule has 0 aliphatic carbocycles. The summed E-state index contributed by atoms with van der Waals surface area (Å²) >= 11 is 1.78. The average Bonchev–Trinajstić information content (AvgIpc) is 2.67. The molecule has 1 aliphatic rings. The van der Waals surface area contributed by atoms with Gasteiger partial charge in [0.05, 0.1) is 6.04 Å². The summed E-state index contributed by atoms with van der Waals surface area (Å²) in [5.41, 5.74) is 1.14. The van der Waals surface area contributed by atoms with Gasteiger partial charge >= 0.3 is 0 Å². The topological polar surface area (TPSA) is 28.2 Å². The summed E-state index contributed by atoms with van der Waals surface area (Å²) in [6.07, 6.45) is 0. The second-order valence-corrected chi connectivity index (χ2v) is 5.75. The largest absolute Gasteiger partial charge is 0.311 e. The second kappa shape index (κ2) is 4.82. The van der Waals surface area contributed by atoms with Gasteiger partial charge in [-0.1, -0.05) is 0 Å². The Morgan fingerprint density at radius 1 is 1.56 bits per heavy atom. The lowest BCUT2D eigenvalue weighted by Gasteiger charge is -2.40. The molecule has 1 aromatic rings. The van der Waals surface area contributed by atoms with Gasteiger partial charge in [-0.25, -0.2) is 4.98 Å². The Bertz CT molecular complexity index is 350. The van der Waals surface area contributed by atoms with E-state index in [9.17, 15) is 0 Å². The number of hydrogen-bond acceptors (Lipinski definition) is 4. The van der Waals surface area contributed by atoms with Crippen molar-refractivity contribution in [3.8, 4) is 0 Å². The fourth-order valence-electron chi connectivity index (χ4n) is 2.30. The smallest absolute Gasteiger partial charge is 0.110 e. The Hall–Kier alpha value is -0.450. The van der Waals surface area contributed by atoms with Crippen LogP contribution in [0, 0.1) is 6.92 Å². The fraction of sp³-hybridized carbons (Fsp3) is 0.750. The standard InChI is InChI=1S/C12H21N3S/c1-8-6-15(10(3)5-13-8)11(4)12-14-9(2)7-16-12/h7-8,10-11,13H,5-6H2,1-4H3. The van der Waals surface area contributed by atoms with E-state index >= 15 is 0 Å². The van der Waals surface area contributed by atoms with Crippen molar-refractivity contribution >= 4 is 11.3 Å². The van der Waals surface area contributed by atoms with Gasteiger partial charge in [-0.3, -0.25) is 4.90 Å². The van der Waals surface area contributed by atoms with Crippen LogP contribution in [0.5, 0.6) is 0 Å². The van der Waals surface area contributed by atoms with E-state index in [1.165, 1.54) is 5.01 Å². The van der Waals surface area contributed by atoms with E-state index in [2.05, 4.69) is 48.3 Å². The van der Waals surface area contributed by atoms with Crippen molar-refractivity contribution in [1.82, 2.24) is 15.2 Å². The first-order chi connectivity index (χ1) is 7.58. The van der Waals surface area contributed by atoms with Crippen LogP contribution in [0.3, 0.4) is 0 Å². The predicted octanol–water partition coefficient (Wildman–Crippen LogP) is 2.19. The minimum atomic E-state index is 0.443. The zero-order valence-electron chi connectivity index (χ0n) is 10.5. The summed E-state index contributed by atoms with van der Waals surface area (Å²) in [6.45, 7) is 11.1. The van der Waals surface area contributed by atoms with Gasteiger partial charge in [-0.2, -0.15) is 0 Å². The molecule has 3 nitrogen and oxygen atoms in total. The lowest BCUT2D eigenvalue weighted by molar-refractivity contribution is 0.103. The fourth-order valence-corrected chi connectivity index (χ4v) is 3.17. The Morgan fingerprint density at radius 2 is 2.31 bits per heavy atom. The van der Waals surface area contributed by atoms with Crippen molar-refractivity contribution in [1.29, 1.82) is 0 Å². The third-order valence-electron chi connectivity index (χ3n) is 3.30. The molecule has 90 valence electrons. The maximum absolute atomic E-state index is 4.60. The summed E-state index contributed by atoms with van der Waals surface area (Å²) in [5.74, 6) is 0. The first-order valence-electron chi connectivity index (χ1n) is 5.99. The summed E-state index contributed by atoms with van der Waals surface area (Å²) in [7, 11) is 0. The monoisotopic (exact) mass is 239 g/mol. The minimum absolute atomic E-state index is 0.443. The highest BCUT2D eigenvalue weighted by molar-refractivity contribution is 7.09. The van der Waals surface area contributed by atoms with Crippen LogP contribution in [0.15, 0.2) is 5.38 Å². The summed E-state index contributed by atoms with van der Waals surface area (Å²) in [5, 5.41) is 6.90. The van der Waals surface area contributed by atoms with Gasteiger partial charge in [0.2, 0.25) is 0 Å². The summed E-state index contributed by atoms with van der Waals surface area (Å²) < 4.78 is 0. The van der Waals surface area contributed by atoms with E-state index in [1.54, 1.807) is 11.3 Å². The number of aromatic nitrogens is 1. The zero-order chi connectivity index (χ0) is 11.7. The molecule has 2 heterocycles. The molecule has 0 amide bonds. The Morgan fingerprint density at radius 3 is 2.94 bits per heavy atom. The lowest BCUT2D eigenvalue weighted by atomic mass is 10.1. The van der Waals surface area contributed by atoms with E-state index in [1.807, 2.05) is 0 Å². The van der Waals surface area contributed by atoms with Crippen molar-refractivity contribution in [3.63, 3.8) is 0 Å². The maximum atomic E-state index is 4.60. The van der Waals surface area contributed by atoms with Gasteiger partial charge in [0.1, 0.15) is 5.01 Å². The predicted molar refractivity (Wildman–Crippen MR) is 68.9 cm³/mol. The quantitative estimate of drug-likeness (QED) is 0.857. The molecule has 1 saturated heterocycles. The lowest BCUT2D eigenvalue weighted by Crippen LogP contribution is -2.54. The van der Waals surface area contributed by atoms with Crippen molar-refractivity contribution in [2.45, 2.75) is 45.8 Å². The van der Waals surface area contributed by atoms with Crippen molar-refractivity contribution in [2.24, 2.45) is 0 Å². The highest BCUT2D eigenvalue weighted by Crippen LogP contribution is 2.26. The van der Waals surface area contributed by atoms with Gasteiger partial charge in [0, 0.05) is 36.2 Å². The molecule has 16 heavy (non-hydrogen) atoms.